The fraction of sp³-hybridized carbons (Fsp3) is 0.600. The molecule has 0 bridgehead atoms. The van der Waals surface area contributed by atoms with Gasteiger partial charge in [0.1, 0.15) is 6.10 Å². The van der Waals surface area contributed by atoms with Gasteiger partial charge in [0.15, 0.2) is 18.1 Å². The Bertz CT molecular complexity index is 668. The van der Waals surface area contributed by atoms with Gasteiger partial charge in [-0.1, -0.05) is 27.2 Å². The van der Waals surface area contributed by atoms with Crippen LogP contribution >= 0.6 is 0 Å². The maximum atomic E-state index is 12.2. The minimum Gasteiger partial charge on any atom is -0.460 e. The lowest BCUT2D eigenvalue weighted by Crippen LogP contribution is -2.36. The van der Waals surface area contributed by atoms with Crippen LogP contribution in [0, 0.1) is 17.8 Å². The lowest BCUT2D eigenvalue weighted by atomic mass is 9.75. The van der Waals surface area contributed by atoms with Crippen molar-refractivity contribution in [3.63, 3.8) is 0 Å². The van der Waals surface area contributed by atoms with Gasteiger partial charge in [-0.2, -0.15) is 0 Å². The van der Waals surface area contributed by atoms with Gasteiger partial charge in [-0.15, -0.1) is 0 Å². The van der Waals surface area contributed by atoms with E-state index in [-0.39, 0.29) is 19.5 Å². The Hall–Kier alpha value is -2.24. The Morgan fingerprint density at radius 2 is 1.96 bits per heavy atom. The third-order valence-electron chi connectivity index (χ3n) is 5.17. The molecule has 3 atom stereocenters. The Labute approximate surface area is 153 Å². The molecule has 0 aromatic heterocycles. The van der Waals surface area contributed by atoms with Crippen molar-refractivity contribution in [3.8, 4) is 11.5 Å². The van der Waals surface area contributed by atoms with Gasteiger partial charge in [-0.05, 0) is 48.8 Å². The molecule has 1 aromatic rings. The van der Waals surface area contributed by atoms with Crippen molar-refractivity contribution in [3.05, 3.63) is 23.8 Å². The molecule has 0 spiro atoms. The van der Waals surface area contributed by atoms with E-state index in [9.17, 15) is 9.59 Å². The molecule has 6 heteroatoms. The number of carbonyl (C=O) groups is 2. The highest BCUT2D eigenvalue weighted by Crippen LogP contribution is 2.35. The molecule has 1 aliphatic heterocycles. The fourth-order valence-electron chi connectivity index (χ4n) is 3.68. The van der Waals surface area contributed by atoms with Crippen molar-refractivity contribution in [1.82, 2.24) is 0 Å². The zero-order valence-electron chi connectivity index (χ0n) is 15.5. The van der Waals surface area contributed by atoms with E-state index in [0.717, 1.165) is 19.3 Å². The minimum atomic E-state index is -0.585. The fourth-order valence-corrected chi connectivity index (χ4v) is 3.68. The van der Waals surface area contributed by atoms with Crippen LogP contribution in [-0.2, 0) is 14.3 Å². The molecule has 6 nitrogen and oxygen atoms in total. The van der Waals surface area contributed by atoms with Gasteiger partial charge in [0.05, 0.1) is 5.56 Å². The van der Waals surface area contributed by atoms with Crippen molar-refractivity contribution < 1.29 is 28.5 Å². The number of rotatable bonds is 5. The molecule has 142 valence electrons. The maximum Gasteiger partial charge on any atom is 0.344 e. The summed E-state index contributed by atoms with van der Waals surface area (Å²) in [6.45, 7) is 6.24. The van der Waals surface area contributed by atoms with Crippen molar-refractivity contribution in [1.29, 1.82) is 0 Å². The summed E-state index contributed by atoms with van der Waals surface area (Å²) in [7, 11) is 0. The summed E-state index contributed by atoms with van der Waals surface area (Å²) in [5.74, 6) is 1.36. The molecule has 0 amide bonds. The molecule has 1 fully saturated rings. The number of hydrogen-bond acceptors (Lipinski definition) is 6. The first-order chi connectivity index (χ1) is 12.4. The molecule has 0 saturated heterocycles. The molecule has 0 radical (unpaired) electrons. The Morgan fingerprint density at radius 1 is 1.19 bits per heavy atom. The van der Waals surface area contributed by atoms with E-state index in [1.807, 2.05) is 0 Å². The number of hydrogen-bond donors (Lipinski definition) is 0. The Morgan fingerprint density at radius 3 is 2.73 bits per heavy atom. The van der Waals surface area contributed by atoms with Crippen molar-refractivity contribution in [2.75, 3.05) is 13.4 Å². The first-order valence-electron chi connectivity index (χ1n) is 9.20. The highest BCUT2D eigenvalue weighted by Gasteiger charge is 2.33. The number of carbonyl (C=O) groups excluding carboxylic acids is 2. The summed E-state index contributed by atoms with van der Waals surface area (Å²) < 4.78 is 21.2. The SMILES string of the molecule is CC(C)[C@H]1CC[C@H](C)C[C@@H]1OC(=O)COC(=O)c1ccc2c(c1)OCO2. The van der Waals surface area contributed by atoms with Gasteiger partial charge in [0.2, 0.25) is 6.79 Å². The van der Waals surface area contributed by atoms with Gasteiger partial charge in [-0.3, -0.25) is 0 Å². The molecule has 1 aromatic carbocycles. The summed E-state index contributed by atoms with van der Waals surface area (Å²) in [6, 6.07) is 4.78. The lowest BCUT2D eigenvalue weighted by Gasteiger charge is -2.36. The number of fused-ring (bicyclic) bond motifs is 1. The monoisotopic (exact) mass is 362 g/mol. The van der Waals surface area contributed by atoms with Crippen LogP contribution < -0.4 is 9.47 Å². The van der Waals surface area contributed by atoms with E-state index < -0.39 is 11.9 Å². The first kappa shape index (κ1) is 18.5. The maximum absolute atomic E-state index is 12.2. The van der Waals surface area contributed by atoms with Gasteiger partial charge in [0, 0.05) is 0 Å². The third kappa shape index (κ3) is 4.29. The molecule has 2 aliphatic rings. The predicted octanol–water partition coefficient (Wildman–Crippen LogP) is 3.58. The van der Waals surface area contributed by atoms with E-state index in [2.05, 4.69) is 20.8 Å². The Balaban J connectivity index is 1.52. The third-order valence-corrected chi connectivity index (χ3v) is 5.17. The molecular weight excluding hydrogens is 336 g/mol. The van der Waals surface area contributed by atoms with Crippen LogP contribution in [0.25, 0.3) is 0 Å². The van der Waals surface area contributed by atoms with Gasteiger partial charge < -0.3 is 18.9 Å². The van der Waals surface area contributed by atoms with E-state index in [4.69, 9.17) is 18.9 Å². The zero-order chi connectivity index (χ0) is 18.7. The number of esters is 2. The van der Waals surface area contributed by atoms with Crippen LogP contribution in [0.4, 0.5) is 0 Å². The second-order valence-corrected chi connectivity index (χ2v) is 7.50. The number of ether oxygens (including phenoxy) is 4. The smallest absolute Gasteiger partial charge is 0.344 e. The van der Waals surface area contributed by atoms with Gasteiger partial charge >= 0.3 is 11.9 Å². The summed E-state index contributed by atoms with van der Waals surface area (Å²) in [5, 5.41) is 0. The van der Waals surface area contributed by atoms with Crippen LogP contribution in [-0.4, -0.2) is 31.4 Å². The van der Waals surface area contributed by atoms with E-state index in [0.29, 0.717) is 34.8 Å². The molecule has 3 rings (SSSR count). The molecular formula is C20H26O6. The summed E-state index contributed by atoms with van der Waals surface area (Å²) in [5.41, 5.74) is 0.313. The first-order valence-corrected chi connectivity index (χ1v) is 9.20. The average Bonchev–Trinajstić information content (AvgIpc) is 3.07. The van der Waals surface area contributed by atoms with Crippen LogP contribution in [0.2, 0.25) is 0 Å². The Kier molecular flexibility index (Phi) is 5.69. The van der Waals surface area contributed by atoms with Crippen LogP contribution in [0.1, 0.15) is 50.4 Å². The van der Waals surface area contributed by atoms with Crippen molar-refractivity contribution in [2.24, 2.45) is 17.8 Å². The molecule has 1 heterocycles. The second-order valence-electron chi connectivity index (χ2n) is 7.50. The lowest BCUT2D eigenvalue weighted by molar-refractivity contribution is -0.159. The largest absolute Gasteiger partial charge is 0.460 e. The highest BCUT2D eigenvalue weighted by atomic mass is 16.7. The van der Waals surface area contributed by atoms with Crippen molar-refractivity contribution in [2.45, 2.75) is 46.1 Å². The molecule has 26 heavy (non-hydrogen) atoms. The van der Waals surface area contributed by atoms with Gasteiger partial charge in [-0.25, -0.2) is 9.59 Å². The topological polar surface area (TPSA) is 71.1 Å². The summed E-state index contributed by atoms with van der Waals surface area (Å²) in [4.78, 5) is 24.3. The predicted molar refractivity (Wildman–Crippen MR) is 94.1 cm³/mol. The molecule has 1 aliphatic carbocycles. The van der Waals surface area contributed by atoms with E-state index in [1.165, 1.54) is 0 Å². The quantitative estimate of drug-likeness (QED) is 0.746. The average molecular weight is 362 g/mol. The summed E-state index contributed by atoms with van der Waals surface area (Å²) in [6.07, 6.45) is 2.99. The van der Waals surface area contributed by atoms with Crippen LogP contribution in [0.5, 0.6) is 11.5 Å². The zero-order valence-corrected chi connectivity index (χ0v) is 15.5. The van der Waals surface area contributed by atoms with Crippen LogP contribution in [0.15, 0.2) is 18.2 Å². The highest BCUT2D eigenvalue weighted by molar-refractivity contribution is 5.91. The molecule has 0 N–H and O–H groups in total. The normalized spacial score (nSPS) is 24.4. The standard InChI is InChI=1S/C20H26O6/c1-12(2)15-6-4-13(3)8-17(15)26-19(21)10-23-20(22)14-5-7-16-18(9-14)25-11-24-16/h5,7,9,12-13,15,17H,4,6,8,10-11H2,1-3H3/t13-,15+,17-/m0/s1. The summed E-state index contributed by atoms with van der Waals surface area (Å²) >= 11 is 0. The van der Waals surface area contributed by atoms with Crippen molar-refractivity contribution >= 4 is 11.9 Å². The van der Waals surface area contributed by atoms with Gasteiger partial charge in [0.25, 0.3) is 0 Å². The second kappa shape index (κ2) is 7.98. The van der Waals surface area contributed by atoms with E-state index >= 15 is 0 Å². The number of benzene rings is 1. The molecule has 1 saturated carbocycles. The van der Waals surface area contributed by atoms with E-state index in [1.54, 1.807) is 18.2 Å². The minimum absolute atomic E-state index is 0.101. The van der Waals surface area contributed by atoms with Crippen LogP contribution in [0.3, 0.4) is 0 Å². The molecule has 0 unspecified atom stereocenters.